The normalized spacial score (nSPS) is 27.1. The van der Waals surface area contributed by atoms with Gasteiger partial charge < -0.3 is 10.6 Å². The molecule has 2 N–H and O–H groups in total. The first kappa shape index (κ1) is 22.7. The van der Waals surface area contributed by atoms with E-state index in [4.69, 9.17) is 0 Å². The molecule has 174 valence electrons. The lowest BCUT2D eigenvalue weighted by Gasteiger charge is -2.38. The molecule has 1 aromatic carbocycles. The number of benzene rings is 1. The van der Waals surface area contributed by atoms with Gasteiger partial charge in [-0.3, -0.25) is 19.4 Å². The Balaban J connectivity index is 1.26. The second kappa shape index (κ2) is 9.58. The molecule has 3 fully saturated rings. The number of rotatable bonds is 6. The van der Waals surface area contributed by atoms with Crippen molar-refractivity contribution in [3.8, 4) is 0 Å². The minimum Gasteiger partial charge on any atom is -0.325 e. The maximum Gasteiger partial charge on any atom is 0.326 e. The third-order valence-electron chi connectivity index (χ3n) is 7.35. The number of hydrogen-bond acceptors (Lipinski definition) is 5. The number of imide groups is 1. The van der Waals surface area contributed by atoms with Gasteiger partial charge in [0.15, 0.2) is 0 Å². The third kappa shape index (κ3) is 4.52. The predicted octanol–water partition coefficient (Wildman–Crippen LogP) is 2.26. The van der Waals surface area contributed by atoms with Crippen LogP contribution in [0.4, 0.5) is 10.5 Å². The summed E-state index contributed by atoms with van der Waals surface area (Å²) in [6, 6.07) is 7.62. The number of carbonyl (C=O) groups excluding carboxylic acids is 3. The summed E-state index contributed by atoms with van der Waals surface area (Å²) in [7, 11) is 0. The number of anilines is 1. The lowest BCUT2D eigenvalue weighted by Crippen LogP contribution is -2.55. The summed E-state index contributed by atoms with van der Waals surface area (Å²) in [5, 5.41) is 6.05. The van der Waals surface area contributed by atoms with E-state index in [2.05, 4.69) is 34.3 Å². The monoisotopic (exact) mass is 441 g/mol. The van der Waals surface area contributed by atoms with Gasteiger partial charge in [0, 0.05) is 31.9 Å². The molecule has 2 aliphatic heterocycles. The molecule has 1 aliphatic carbocycles. The van der Waals surface area contributed by atoms with Crippen molar-refractivity contribution in [1.29, 1.82) is 0 Å². The average Bonchev–Trinajstić information content (AvgIpc) is 3.02. The van der Waals surface area contributed by atoms with Crippen LogP contribution in [0.3, 0.4) is 0 Å². The number of amides is 4. The number of carbonyl (C=O) groups is 3. The van der Waals surface area contributed by atoms with Gasteiger partial charge in [-0.15, -0.1) is 0 Å². The van der Waals surface area contributed by atoms with Gasteiger partial charge >= 0.3 is 6.03 Å². The maximum absolute atomic E-state index is 13.2. The Labute approximate surface area is 190 Å². The number of nitrogens with one attached hydrogen (secondary N) is 2. The average molecular weight is 442 g/mol. The van der Waals surface area contributed by atoms with Crippen LogP contribution in [0.1, 0.15) is 45.1 Å². The molecule has 0 bridgehead atoms. The Hall–Kier alpha value is -2.45. The van der Waals surface area contributed by atoms with Crippen LogP contribution in [0.5, 0.6) is 0 Å². The Bertz CT molecular complexity index is 867. The molecule has 1 aromatic rings. The van der Waals surface area contributed by atoms with Crippen molar-refractivity contribution in [3.05, 3.63) is 29.8 Å². The first-order chi connectivity index (χ1) is 15.4. The van der Waals surface area contributed by atoms with E-state index in [1.54, 1.807) is 0 Å². The molecule has 8 nitrogen and oxygen atoms in total. The second-order valence-electron chi connectivity index (χ2n) is 9.38. The Morgan fingerprint density at radius 3 is 2.56 bits per heavy atom. The largest absolute Gasteiger partial charge is 0.326 e. The fourth-order valence-corrected chi connectivity index (χ4v) is 5.26. The first-order valence-corrected chi connectivity index (χ1v) is 11.9. The number of hydrogen-bond donors (Lipinski definition) is 2. The van der Waals surface area contributed by atoms with Gasteiger partial charge in [0.1, 0.15) is 5.54 Å². The van der Waals surface area contributed by atoms with Gasteiger partial charge in [0.05, 0.1) is 13.2 Å². The van der Waals surface area contributed by atoms with Gasteiger partial charge in [0.25, 0.3) is 5.91 Å². The molecular weight excluding hydrogens is 406 g/mol. The Morgan fingerprint density at radius 2 is 1.84 bits per heavy atom. The van der Waals surface area contributed by atoms with Crippen molar-refractivity contribution >= 4 is 23.5 Å². The molecule has 1 spiro atoms. The summed E-state index contributed by atoms with van der Waals surface area (Å²) in [5.41, 5.74) is 1.30. The Morgan fingerprint density at radius 1 is 1.12 bits per heavy atom. The minimum absolute atomic E-state index is 0.0123. The standard InChI is InChI=1S/C24H35N5O3/c1-3-19-9-4-5-10-20(19)25-21(30)16-27-12-14-28(15-13-27)17-29-22(31)24(26-23(29)32)11-7-6-8-18(24)2/h4-5,9-10,18H,3,6-8,11-17H2,1-2H3,(H,25,30)(H,26,32)/t18-,24-/m1/s1. The lowest BCUT2D eigenvalue weighted by molar-refractivity contribution is -0.136. The molecule has 1 saturated carbocycles. The summed E-state index contributed by atoms with van der Waals surface area (Å²) in [6.07, 6.45) is 4.68. The van der Waals surface area contributed by atoms with Gasteiger partial charge in [-0.05, 0) is 36.8 Å². The number of urea groups is 1. The zero-order chi connectivity index (χ0) is 22.7. The third-order valence-corrected chi connectivity index (χ3v) is 7.35. The van der Waals surface area contributed by atoms with E-state index in [1.165, 1.54) is 4.90 Å². The van der Waals surface area contributed by atoms with Crippen molar-refractivity contribution < 1.29 is 14.4 Å². The van der Waals surface area contributed by atoms with E-state index in [0.717, 1.165) is 69.5 Å². The van der Waals surface area contributed by atoms with E-state index in [-0.39, 0.29) is 23.8 Å². The maximum atomic E-state index is 13.2. The summed E-state index contributed by atoms with van der Waals surface area (Å²) in [5.74, 6) is 0.0960. The predicted molar refractivity (Wildman–Crippen MR) is 123 cm³/mol. The molecule has 2 saturated heterocycles. The molecular formula is C24H35N5O3. The van der Waals surface area contributed by atoms with Crippen molar-refractivity contribution in [2.24, 2.45) is 5.92 Å². The highest BCUT2D eigenvalue weighted by Crippen LogP contribution is 2.38. The molecule has 4 amide bonds. The van der Waals surface area contributed by atoms with E-state index >= 15 is 0 Å². The molecule has 2 heterocycles. The fourth-order valence-electron chi connectivity index (χ4n) is 5.26. The number of aryl methyl sites for hydroxylation is 1. The SMILES string of the molecule is CCc1ccccc1NC(=O)CN1CCN(CN2C(=O)N[C@@]3(CCCC[C@H]3C)C2=O)CC1. The zero-order valence-electron chi connectivity index (χ0n) is 19.2. The van der Waals surface area contributed by atoms with Crippen molar-refractivity contribution in [3.63, 3.8) is 0 Å². The van der Waals surface area contributed by atoms with Crippen LogP contribution in [0.25, 0.3) is 0 Å². The van der Waals surface area contributed by atoms with Gasteiger partial charge in [-0.1, -0.05) is 44.9 Å². The topological polar surface area (TPSA) is 85.0 Å². The molecule has 3 aliphatic rings. The van der Waals surface area contributed by atoms with E-state index in [0.29, 0.717) is 13.2 Å². The highest BCUT2D eigenvalue weighted by molar-refractivity contribution is 6.07. The van der Waals surface area contributed by atoms with Crippen LogP contribution in [-0.4, -0.2) is 77.5 Å². The van der Waals surface area contributed by atoms with Crippen LogP contribution in [0.2, 0.25) is 0 Å². The molecule has 8 heteroatoms. The summed E-state index contributed by atoms with van der Waals surface area (Å²) in [6.45, 7) is 7.72. The highest BCUT2D eigenvalue weighted by atomic mass is 16.2. The van der Waals surface area contributed by atoms with Crippen molar-refractivity contribution in [2.45, 2.75) is 51.5 Å². The highest BCUT2D eigenvalue weighted by Gasteiger charge is 2.55. The van der Waals surface area contributed by atoms with Crippen LogP contribution in [-0.2, 0) is 16.0 Å². The molecule has 32 heavy (non-hydrogen) atoms. The second-order valence-corrected chi connectivity index (χ2v) is 9.38. The summed E-state index contributed by atoms with van der Waals surface area (Å²) < 4.78 is 0. The molecule has 2 atom stereocenters. The smallest absolute Gasteiger partial charge is 0.325 e. The van der Waals surface area contributed by atoms with Gasteiger partial charge in [-0.25, -0.2) is 9.69 Å². The molecule has 0 radical (unpaired) electrons. The quantitative estimate of drug-likeness (QED) is 0.662. The lowest BCUT2D eigenvalue weighted by atomic mass is 9.73. The molecule has 4 rings (SSSR count). The molecule has 0 unspecified atom stereocenters. The van der Waals surface area contributed by atoms with E-state index < -0.39 is 5.54 Å². The van der Waals surface area contributed by atoms with Crippen LogP contribution in [0, 0.1) is 5.92 Å². The van der Waals surface area contributed by atoms with Crippen molar-refractivity contribution in [2.75, 3.05) is 44.7 Å². The molecule has 0 aromatic heterocycles. The first-order valence-electron chi connectivity index (χ1n) is 11.9. The zero-order valence-corrected chi connectivity index (χ0v) is 19.2. The fraction of sp³-hybridized carbons (Fsp3) is 0.625. The number of nitrogens with zero attached hydrogens (tertiary/aromatic N) is 3. The number of para-hydroxylation sites is 1. The van der Waals surface area contributed by atoms with Gasteiger partial charge in [-0.2, -0.15) is 0 Å². The van der Waals surface area contributed by atoms with Crippen LogP contribution < -0.4 is 10.6 Å². The van der Waals surface area contributed by atoms with E-state index in [9.17, 15) is 14.4 Å². The summed E-state index contributed by atoms with van der Waals surface area (Å²) >= 11 is 0. The number of piperazine rings is 1. The van der Waals surface area contributed by atoms with Crippen LogP contribution in [0.15, 0.2) is 24.3 Å². The van der Waals surface area contributed by atoms with Crippen LogP contribution >= 0.6 is 0 Å². The minimum atomic E-state index is -0.704. The van der Waals surface area contributed by atoms with Crippen molar-refractivity contribution in [1.82, 2.24) is 20.0 Å². The Kier molecular flexibility index (Phi) is 6.81. The van der Waals surface area contributed by atoms with Gasteiger partial charge in [0.2, 0.25) is 5.91 Å². The van der Waals surface area contributed by atoms with E-state index in [1.807, 2.05) is 24.3 Å². The summed E-state index contributed by atoms with van der Waals surface area (Å²) in [4.78, 5) is 44.0.